The summed E-state index contributed by atoms with van der Waals surface area (Å²) in [6, 6.07) is 9.10. The highest BCUT2D eigenvalue weighted by molar-refractivity contribution is 6.38. The lowest BCUT2D eigenvalue weighted by atomic mass is 9.91. The molecule has 3 rings (SSSR count). The van der Waals surface area contributed by atoms with E-state index < -0.39 is 0 Å². The van der Waals surface area contributed by atoms with Crippen LogP contribution >= 0.6 is 0 Å². The molecule has 0 aliphatic heterocycles. The highest BCUT2D eigenvalue weighted by Crippen LogP contribution is 2.32. The SMILES string of the molecule is [B]c1ccc(-c2cc(OC)cc(OC)c2)c2[nH]c(=O)cnc12. The molecule has 0 spiro atoms. The minimum atomic E-state index is -0.283. The third-order valence-corrected chi connectivity index (χ3v) is 3.43. The number of ether oxygens (including phenoxy) is 2. The number of hydrogen-bond donors (Lipinski definition) is 1. The highest BCUT2D eigenvalue weighted by Gasteiger charge is 2.10. The van der Waals surface area contributed by atoms with Crippen molar-refractivity contribution in [2.75, 3.05) is 14.2 Å². The number of fused-ring (bicyclic) bond motifs is 1. The predicted octanol–water partition coefficient (Wildman–Crippen LogP) is 1.40. The number of rotatable bonds is 3. The Hall–Kier alpha value is -2.76. The summed E-state index contributed by atoms with van der Waals surface area (Å²) in [7, 11) is 9.10. The van der Waals surface area contributed by atoms with Crippen LogP contribution in [0.15, 0.2) is 41.3 Å². The first-order valence-corrected chi connectivity index (χ1v) is 6.63. The molecule has 0 fully saturated rings. The average molecular weight is 292 g/mol. The first kappa shape index (κ1) is 14.2. The lowest BCUT2D eigenvalue weighted by Gasteiger charge is -2.11. The monoisotopic (exact) mass is 292 g/mol. The molecule has 0 aliphatic carbocycles. The normalized spacial score (nSPS) is 10.6. The zero-order chi connectivity index (χ0) is 15.7. The van der Waals surface area contributed by atoms with Gasteiger partial charge in [0.25, 0.3) is 5.56 Å². The highest BCUT2D eigenvalue weighted by atomic mass is 16.5. The predicted molar refractivity (Wildman–Crippen MR) is 86.3 cm³/mol. The Kier molecular flexibility index (Phi) is 3.59. The van der Waals surface area contributed by atoms with Gasteiger partial charge in [0.1, 0.15) is 19.3 Å². The first-order chi connectivity index (χ1) is 10.6. The summed E-state index contributed by atoms with van der Waals surface area (Å²) >= 11 is 0. The molecule has 108 valence electrons. The second-order valence-corrected chi connectivity index (χ2v) is 4.77. The van der Waals surface area contributed by atoms with Crippen molar-refractivity contribution in [3.8, 4) is 22.6 Å². The Morgan fingerprint density at radius 2 is 1.77 bits per heavy atom. The summed E-state index contributed by atoms with van der Waals surface area (Å²) in [6.07, 6.45) is 1.22. The molecule has 5 nitrogen and oxygen atoms in total. The number of H-pyrrole nitrogens is 1. The number of benzene rings is 2. The molecule has 0 unspecified atom stereocenters. The molecule has 0 aliphatic rings. The van der Waals surface area contributed by atoms with Crippen LogP contribution < -0.4 is 20.5 Å². The van der Waals surface area contributed by atoms with Gasteiger partial charge in [-0.15, -0.1) is 0 Å². The number of aromatic nitrogens is 2. The van der Waals surface area contributed by atoms with Crippen LogP contribution in [0.25, 0.3) is 22.2 Å². The standard InChI is InChI=1S/C16H13BN2O3/c1-21-10-5-9(6-11(7-10)22-2)12-3-4-13(17)16-15(12)19-14(20)8-18-16/h3-8H,1-2H3,(H,19,20). The van der Waals surface area contributed by atoms with Crippen LogP contribution in [0.2, 0.25) is 0 Å². The number of methoxy groups -OCH3 is 2. The molecule has 6 heteroatoms. The molecule has 1 heterocycles. The van der Waals surface area contributed by atoms with E-state index >= 15 is 0 Å². The third-order valence-electron chi connectivity index (χ3n) is 3.43. The molecule has 0 saturated heterocycles. The molecule has 1 aromatic heterocycles. The van der Waals surface area contributed by atoms with Crippen LogP contribution in [0, 0.1) is 0 Å². The summed E-state index contributed by atoms with van der Waals surface area (Å²) in [5, 5.41) is 0. The van der Waals surface area contributed by atoms with Gasteiger partial charge in [-0.05, 0) is 17.7 Å². The summed E-state index contributed by atoms with van der Waals surface area (Å²) in [4.78, 5) is 18.5. The third kappa shape index (κ3) is 2.43. The lowest BCUT2D eigenvalue weighted by Crippen LogP contribution is -2.13. The van der Waals surface area contributed by atoms with E-state index in [1.807, 2.05) is 18.2 Å². The van der Waals surface area contributed by atoms with Crippen molar-refractivity contribution >= 4 is 24.3 Å². The van der Waals surface area contributed by atoms with Crippen LogP contribution in [0.3, 0.4) is 0 Å². The van der Waals surface area contributed by atoms with E-state index in [1.54, 1.807) is 26.4 Å². The van der Waals surface area contributed by atoms with Gasteiger partial charge in [-0.25, -0.2) is 4.98 Å². The summed E-state index contributed by atoms with van der Waals surface area (Å²) < 4.78 is 10.6. The van der Waals surface area contributed by atoms with E-state index in [2.05, 4.69) is 9.97 Å². The van der Waals surface area contributed by atoms with Crippen molar-refractivity contribution in [3.05, 3.63) is 46.9 Å². The van der Waals surface area contributed by atoms with Crippen molar-refractivity contribution in [2.45, 2.75) is 0 Å². The molecule has 22 heavy (non-hydrogen) atoms. The molecule has 1 N–H and O–H groups in total. The topological polar surface area (TPSA) is 64.2 Å². The van der Waals surface area contributed by atoms with E-state index in [4.69, 9.17) is 17.3 Å². The second-order valence-electron chi connectivity index (χ2n) is 4.77. The minimum absolute atomic E-state index is 0.283. The smallest absolute Gasteiger partial charge is 0.266 e. The fourth-order valence-electron chi connectivity index (χ4n) is 2.36. The molecule has 2 aromatic carbocycles. The zero-order valence-electron chi connectivity index (χ0n) is 12.2. The zero-order valence-corrected chi connectivity index (χ0v) is 12.2. The molecule has 3 aromatic rings. The molecular weight excluding hydrogens is 279 g/mol. The van der Waals surface area contributed by atoms with Crippen LogP contribution in [0.5, 0.6) is 11.5 Å². The van der Waals surface area contributed by atoms with E-state index in [0.29, 0.717) is 28.0 Å². The maximum Gasteiger partial charge on any atom is 0.266 e. The maximum absolute atomic E-state index is 11.6. The van der Waals surface area contributed by atoms with E-state index in [0.717, 1.165) is 11.1 Å². The van der Waals surface area contributed by atoms with Gasteiger partial charge < -0.3 is 14.5 Å². The Bertz CT molecular complexity index is 883. The summed E-state index contributed by atoms with van der Waals surface area (Å²) in [5.41, 5.74) is 3.00. The minimum Gasteiger partial charge on any atom is -0.497 e. The Morgan fingerprint density at radius 1 is 1.09 bits per heavy atom. The fraction of sp³-hybridized carbons (Fsp3) is 0.125. The Labute approximate surface area is 128 Å². The van der Waals surface area contributed by atoms with Crippen LogP contribution in [-0.2, 0) is 0 Å². The Balaban J connectivity index is 2.33. The van der Waals surface area contributed by atoms with E-state index in [9.17, 15) is 4.79 Å². The van der Waals surface area contributed by atoms with E-state index in [1.165, 1.54) is 6.20 Å². The first-order valence-electron chi connectivity index (χ1n) is 6.63. The van der Waals surface area contributed by atoms with Gasteiger partial charge in [0.15, 0.2) is 0 Å². The number of hydrogen-bond acceptors (Lipinski definition) is 4. The van der Waals surface area contributed by atoms with Gasteiger partial charge in [-0.2, -0.15) is 0 Å². The van der Waals surface area contributed by atoms with Crippen molar-refractivity contribution < 1.29 is 9.47 Å². The summed E-state index contributed by atoms with van der Waals surface area (Å²) in [5.74, 6) is 1.32. The van der Waals surface area contributed by atoms with Gasteiger partial charge in [0, 0.05) is 11.6 Å². The van der Waals surface area contributed by atoms with Gasteiger partial charge in [-0.1, -0.05) is 17.6 Å². The van der Waals surface area contributed by atoms with E-state index in [-0.39, 0.29) is 5.56 Å². The largest absolute Gasteiger partial charge is 0.497 e. The van der Waals surface area contributed by atoms with Crippen LogP contribution in [0.4, 0.5) is 0 Å². The second kappa shape index (κ2) is 5.56. The molecule has 0 amide bonds. The van der Waals surface area contributed by atoms with Crippen molar-refractivity contribution in [1.29, 1.82) is 0 Å². The molecule has 0 atom stereocenters. The molecule has 2 radical (unpaired) electrons. The van der Waals surface area contributed by atoms with Crippen molar-refractivity contribution in [1.82, 2.24) is 9.97 Å². The van der Waals surface area contributed by atoms with Gasteiger partial charge in [-0.3, -0.25) is 4.79 Å². The summed E-state index contributed by atoms with van der Waals surface area (Å²) in [6.45, 7) is 0. The van der Waals surface area contributed by atoms with Gasteiger partial charge in [0.05, 0.1) is 31.4 Å². The molecular formula is C16H13BN2O3. The number of nitrogens with zero attached hydrogens (tertiary/aromatic N) is 1. The lowest BCUT2D eigenvalue weighted by molar-refractivity contribution is 0.394. The van der Waals surface area contributed by atoms with Crippen LogP contribution in [0.1, 0.15) is 0 Å². The average Bonchev–Trinajstić information content (AvgIpc) is 2.54. The Morgan fingerprint density at radius 3 is 2.41 bits per heavy atom. The molecule has 0 saturated carbocycles. The number of aromatic amines is 1. The fourth-order valence-corrected chi connectivity index (χ4v) is 2.36. The number of nitrogens with one attached hydrogen (secondary N) is 1. The van der Waals surface area contributed by atoms with Gasteiger partial charge >= 0.3 is 0 Å². The van der Waals surface area contributed by atoms with Crippen LogP contribution in [-0.4, -0.2) is 32.0 Å². The van der Waals surface area contributed by atoms with Crippen molar-refractivity contribution in [2.24, 2.45) is 0 Å². The molecule has 0 bridgehead atoms. The van der Waals surface area contributed by atoms with Gasteiger partial charge in [0.2, 0.25) is 0 Å². The maximum atomic E-state index is 11.6. The van der Waals surface area contributed by atoms with Crippen molar-refractivity contribution in [3.63, 3.8) is 0 Å². The quantitative estimate of drug-likeness (QED) is 0.741.